The molecule has 1 aromatic rings. The summed E-state index contributed by atoms with van der Waals surface area (Å²) in [6, 6.07) is 0. The first-order valence-electron chi connectivity index (χ1n) is 6.66. The normalized spacial score (nSPS) is 21.3. The van der Waals surface area contributed by atoms with Gasteiger partial charge in [0.2, 0.25) is 0 Å². The maximum Gasteiger partial charge on any atom is 0.186 e. The molecule has 1 aliphatic heterocycles. The van der Waals surface area contributed by atoms with Crippen molar-refractivity contribution in [3.8, 4) is 0 Å². The lowest BCUT2D eigenvalue weighted by Gasteiger charge is -2.34. The van der Waals surface area contributed by atoms with E-state index < -0.39 is 0 Å². The number of hydrogen-bond acceptors (Lipinski definition) is 5. The highest BCUT2D eigenvalue weighted by molar-refractivity contribution is 7.13. The molecule has 2 aliphatic rings. The first kappa shape index (κ1) is 12.1. The van der Waals surface area contributed by atoms with Crippen LogP contribution in [0, 0.1) is 5.92 Å². The number of piperazine rings is 1. The molecule has 2 fully saturated rings. The van der Waals surface area contributed by atoms with Crippen molar-refractivity contribution >= 4 is 22.3 Å². The van der Waals surface area contributed by atoms with E-state index in [1.54, 1.807) is 18.3 Å². The molecule has 0 spiro atoms. The molecule has 0 amide bonds. The van der Waals surface area contributed by atoms with Crippen LogP contribution in [-0.2, 0) is 0 Å². The molecule has 0 radical (unpaired) electrons. The van der Waals surface area contributed by atoms with Gasteiger partial charge in [0.1, 0.15) is 5.69 Å². The molecule has 3 rings (SSSR count). The van der Waals surface area contributed by atoms with Crippen LogP contribution in [0.2, 0.25) is 0 Å². The van der Waals surface area contributed by atoms with Gasteiger partial charge in [-0.2, -0.15) is 0 Å². The Morgan fingerprint density at radius 3 is 2.67 bits per heavy atom. The molecular formula is C13H19N3OS. The average molecular weight is 265 g/mol. The number of Topliss-reactive ketones (excluding diaryl/α,β-unsaturated/α-hetero) is 1. The third-order valence-electron chi connectivity index (χ3n) is 3.71. The van der Waals surface area contributed by atoms with Crippen molar-refractivity contribution in [2.24, 2.45) is 5.92 Å². The van der Waals surface area contributed by atoms with Gasteiger partial charge >= 0.3 is 0 Å². The van der Waals surface area contributed by atoms with E-state index in [0.717, 1.165) is 37.2 Å². The van der Waals surface area contributed by atoms with Gasteiger partial charge < -0.3 is 4.90 Å². The Morgan fingerprint density at radius 2 is 2.11 bits per heavy atom. The molecule has 0 N–H and O–H groups in total. The van der Waals surface area contributed by atoms with Gasteiger partial charge in [0.15, 0.2) is 10.9 Å². The van der Waals surface area contributed by atoms with E-state index in [4.69, 9.17) is 0 Å². The maximum absolute atomic E-state index is 11.2. The molecule has 0 atom stereocenters. The fraction of sp³-hybridized carbons (Fsp3) is 0.692. The molecule has 4 nitrogen and oxygen atoms in total. The standard InChI is InChI=1S/C13H19N3OS/c1-10(17)12-9-18-13(14-12)16-6-4-15(5-7-16)8-11-2-3-11/h9,11H,2-8H2,1H3. The van der Waals surface area contributed by atoms with E-state index in [9.17, 15) is 4.79 Å². The smallest absolute Gasteiger partial charge is 0.186 e. The molecule has 1 aromatic heterocycles. The third-order valence-corrected chi connectivity index (χ3v) is 4.61. The van der Waals surface area contributed by atoms with Gasteiger partial charge in [0.25, 0.3) is 0 Å². The van der Waals surface area contributed by atoms with Crippen molar-refractivity contribution in [1.29, 1.82) is 0 Å². The van der Waals surface area contributed by atoms with Crippen LogP contribution in [0.15, 0.2) is 5.38 Å². The summed E-state index contributed by atoms with van der Waals surface area (Å²) in [5.41, 5.74) is 0.607. The second-order valence-electron chi connectivity index (χ2n) is 5.30. The summed E-state index contributed by atoms with van der Waals surface area (Å²) in [7, 11) is 0. The van der Waals surface area contributed by atoms with E-state index in [0.29, 0.717) is 5.69 Å². The van der Waals surface area contributed by atoms with Gasteiger partial charge in [-0.25, -0.2) is 4.98 Å². The van der Waals surface area contributed by atoms with Crippen LogP contribution in [0.5, 0.6) is 0 Å². The van der Waals surface area contributed by atoms with Crippen molar-refractivity contribution in [3.63, 3.8) is 0 Å². The average Bonchev–Trinajstić information content (AvgIpc) is 3.04. The Balaban J connectivity index is 1.55. The van der Waals surface area contributed by atoms with Gasteiger partial charge in [0, 0.05) is 45.0 Å². The van der Waals surface area contributed by atoms with Crippen LogP contribution in [0.3, 0.4) is 0 Å². The minimum absolute atomic E-state index is 0.0601. The lowest BCUT2D eigenvalue weighted by atomic mass is 10.3. The zero-order valence-electron chi connectivity index (χ0n) is 10.8. The minimum atomic E-state index is 0.0601. The second kappa shape index (κ2) is 4.97. The molecule has 5 heteroatoms. The summed E-state index contributed by atoms with van der Waals surface area (Å²) in [6.45, 7) is 7.20. The molecule has 18 heavy (non-hydrogen) atoms. The third kappa shape index (κ3) is 2.72. The molecule has 0 bridgehead atoms. The fourth-order valence-corrected chi connectivity index (χ4v) is 3.28. The van der Waals surface area contributed by atoms with Gasteiger partial charge in [-0.1, -0.05) is 0 Å². The van der Waals surface area contributed by atoms with Crippen molar-refractivity contribution in [1.82, 2.24) is 9.88 Å². The lowest BCUT2D eigenvalue weighted by Crippen LogP contribution is -2.47. The number of nitrogens with zero attached hydrogens (tertiary/aromatic N) is 3. The Hall–Kier alpha value is -0.940. The SMILES string of the molecule is CC(=O)c1csc(N2CCN(CC3CC3)CC2)n1. The summed E-state index contributed by atoms with van der Waals surface area (Å²) in [5, 5.41) is 2.88. The van der Waals surface area contributed by atoms with E-state index in [-0.39, 0.29) is 5.78 Å². The highest BCUT2D eigenvalue weighted by atomic mass is 32.1. The molecule has 0 unspecified atom stereocenters. The van der Waals surface area contributed by atoms with E-state index in [2.05, 4.69) is 14.8 Å². The highest BCUT2D eigenvalue weighted by Gasteiger charge is 2.27. The predicted octanol–water partition coefficient (Wildman–Crippen LogP) is 1.88. The summed E-state index contributed by atoms with van der Waals surface area (Å²) in [5.74, 6) is 1.03. The van der Waals surface area contributed by atoms with E-state index in [1.807, 2.05) is 5.38 Å². The molecule has 1 saturated carbocycles. The van der Waals surface area contributed by atoms with Crippen LogP contribution < -0.4 is 4.90 Å². The zero-order valence-corrected chi connectivity index (χ0v) is 11.6. The highest BCUT2D eigenvalue weighted by Crippen LogP contribution is 2.30. The minimum Gasteiger partial charge on any atom is -0.346 e. The van der Waals surface area contributed by atoms with Gasteiger partial charge in [-0.3, -0.25) is 9.69 Å². The Bertz CT molecular complexity index is 433. The number of carbonyl (C=O) groups is 1. The van der Waals surface area contributed by atoms with Crippen molar-refractivity contribution in [2.45, 2.75) is 19.8 Å². The Kier molecular flexibility index (Phi) is 3.35. The van der Waals surface area contributed by atoms with Crippen LogP contribution >= 0.6 is 11.3 Å². The van der Waals surface area contributed by atoms with E-state index >= 15 is 0 Å². The second-order valence-corrected chi connectivity index (χ2v) is 6.14. The summed E-state index contributed by atoms with van der Waals surface area (Å²) in [4.78, 5) is 20.5. The van der Waals surface area contributed by atoms with Crippen LogP contribution in [0.1, 0.15) is 30.3 Å². The number of carbonyl (C=O) groups excluding carboxylic acids is 1. The number of aromatic nitrogens is 1. The lowest BCUT2D eigenvalue weighted by molar-refractivity contribution is 0.101. The van der Waals surface area contributed by atoms with Gasteiger partial charge in [0.05, 0.1) is 0 Å². The van der Waals surface area contributed by atoms with Gasteiger partial charge in [-0.15, -0.1) is 11.3 Å². The number of rotatable bonds is 4. The van der Waals surface area contributed by atoms with Crippen molar-refractivity contribution in [2.75, 3.05) is 37.6 Å². The van der Waals surface area contributed by atoms with Crippen molar-refractivity contribution in [3.05, 3.63) is 11.1 Å². The van der Waals surface area contributed by atoms with E-state index in [1.165, 1.54) is 19.4 Å². The maximum atomic E-state index is 11.2. The van der Waals surface area contributed by atoms with Gasteiger partial charge in [-0.05, 0) is 18.8 Å². The summed E-state index contributed by atoms with van der Waals surface area (Å²) in [6.07, 6.45) is 2.85. The number of hydrogen-bond donors (Lipinski definition) is 0. The molecule has 1 saturated heterocycles. The number of anilines is 1. The summed E-state index contributed by atoms with van der Waals surface area (Å²) < 4.78 is 0. The first-order valence-corrected chi connectivity index (χ1v) is 7.54. The number of ketones is 1. The van der Waals surface area contributed by atoms with Crippen molar-refractivity contribution < 1.29 is 4.79 Å². The molecule has 98 valence electrons. The Morgan fingerprint density at radius 1 is 1.39 bits per heavy atom. The quantitative estimate of drug-likeness (QED) is 0.779. The topological polar surface area (TPSA) is 36.4 Å². The first-order chi connectivity index (χ1) is 8.72. The monoisotopic (exact) mass is 265 g/mol. The molecule has 2 heterocycles. The zero-order chi connectivity index (χ0) is 12.5. The largest absolute Gasteiger partial charge is 0.346 e. The molecular weight excluding hydrogens is 246 g/mol. The summed E-state index contributed by atoms with van der Waals surface area (Å²) >= 11 is 1.59. The predicted molar refractivity (Wildman–Crippen MR) is 73.5 cm³/mol. The van der Waals surface area contributed by atoms with Crippen LogP contribution in [-0.4, -0.2) is 48.4 Å². The van der Waals surface area contributed by atoms with Crippen LogP contribution in [0.4, 0.5) is 5.13 Å². The molecule has 1 aliphatic carbocycles. The Labute approximate surface area is 112 Å². The number of thiazole rings is 1. The molecule has 0 aromatic carbocycles. The van der Waals surface area contributed by atoms with Crippen LogP contribution in [0.25, 0.3) is 0 Å². The fourth-order valence-electron chi connectivity index (χ4n) is 2.36.